The second kappa shape index (κ2) is 5.96. The number of nitrogens with zero attached hydrogens (tertiary/aromatic N) is 2. The first-order chi connectivity index (χ1) is 9.24. The zero-order valence-electron chi connectivity index (χ0n) is 10.8. The fourth-order valence-electron chi connectivity index (χ4n) is 1.88. The summed E-state index contributed by atoms with van der Waals surface area (Å²) in [6.45, 7) is 1.98. The molecule has 1 aromatic heterocycles. The standard InChI is InChI=1S/C15H15N3O/c1-2-5-12(10-16)17-15(19)14-9-8-11-6-3-4-7-13(11)18-14/h3-4,6-9,12H,2,5H2,1H3,(H,17,19). The van der Waals surface area contributed by atoms with Crippen molar-refractivity contribution in [3.05, 3.63) is 42.1 Å². The second-order valence-electron chi connectivity index (χ2n) is 4.33. The van der Waals surface area contributed by atoms with Crippen molar-refractivity contribution in [1.29, 1.82) is 5.26 Å². The molecule has 0 bridgehead atoms. The van der Waals surface area contributed by atoms with Crippen LogP contribution in [-0.2, 0) is 0 Å². The van der Waals surface area contributed by atoms with Gasteiger partial charge in [-0.2, -0.15) is 5.26 Å². The lowest BCUT2D eigenvalue weighted by atomic mass is 10.1. The maximum atomic E-state index is 12.0. The summed E-state index contributed by atoms with van der Waals surface area (Å²) in [5.74, 6) is -0.300. The molecule has 1 heterocycles. The number of fused-ring (bicyclic) bond motifs is 1. The molecule has 2 rings (SSSR count). The third kappa shape index (κ3) is 3.08. The van der Waals surface area contributed by atoms with E-state index in [-0.39, 0.29) is 5.91 Å². The molecule has 1 unspecified atom stereocenters. The van der Waals surface area contributed by atoms with Gasteiger partial charge in [0.25, 0.3) is 5.91 Å². The lowest BCUT2D eigenvalue weighted by molar-refractivity contribution is 0.0939. The zero-order chi connectivity index (χ0) is 13.7. The molecule has 1 atom stereocenters. The number of nitriles is 1. The molecule has 1 amide bonds. The molecule has 19 heavy (non-hydrogen) atoms. The Hall–Kier alpha value is -2.41. The van der Waals surface area contributed by atoms with Crippen LogP contribution in [0.4, 0.5) is 0 Å². The first-order valence-electron chi connectivity index (χ1n) is 6.31. The van der Waals surface area contributed by atoms with E-state index in [2.05, 4.69) is 16.4 Å². The highest BCUT2D eigenvalue weighted by Gasteiger charge is 2.13. The van der Waals surface area contributed by atoms with Gasteiger partial charge in [-0.1, -0.05) is 37.6 Å². The lowest BCUT2D eigenvalue weighted by Crippen LogP contribution is -2.34. The summed E-state index contributed by atoms with van der Waals surface area (Å²) in [5.41, 5.74) is 1.12. The van der Waals surface area contributed by atoms with Crippen molar-refractivity contribution in [2.75, 3.05) is 0 Å². The van der Waals surface area contributed by atoms with Crippen LogP contribution in [0.15, 0.2) is 36.4 Å². The van der Waals surface area contributed by atoms with Crippen LogP contribution in [0, 0.1) is 11.3 Å². The number of para-hydroxylation sites is 1. The van der Waals surface area contributed by atoms with E-state index in [0.29, 0.717) is 12.1 Å². The van der Waals surface area contributed by atoms with Crippen molar-refractivity contribution in [3.8, 4) is 6.07 Å². The number of carbonyl (C=O) groups excluding carboxylic acids is 1. The van der Waals surface area contributed by atoms with Crippen LogP contribution in [-0.4, -0.2) is 16.9 Å². The second-order valence-corrected chi connectivity index (χ2v) is 4.33. The van der Waals surface area contributed by atoms with E-state index >= 15 is 0 Å². The molecule has 0 aliphatic heterocycles. The van der Waals surface area contributed by atoms with Crippen molar-refractivity contribution in [3.63, 3.8) is 0 Å². The van der Waals surface area contributed by atoms with Crippen LogP contribution in [0.2, 0.25) is 0 Å². The number of carbonyl (C=O) groups is 1. The third-order valence-corrected chi connectivity index (χ3v) is 2.87. The SMILES string of the molecule is CCCC(C#N)NC(=O)c1ccc2ccccc2n1. The molecule has 0 saturated carbocycles. The number of aromatic nitrogens is 1. The fraction of sp³-hybridized carbons (Fsp3) is 0.267. The monoisotopic (exact) mass is 253 g/mol. The largest absolute Gasteiger partial charge is 0.335 e. The fourth-order valence-corrected chi connectivity index (χ4v) is 1.88. The predicted octanol–water partition coefficient (Wildman–Crippen LogP) is 2.66. The van der Waals surface area contributed by atoms with Gasteiger partial charge in [-0.05, 0) is 18.6 Å². The molecule has 0 saturated heterocycles. The van der Waals surface area contributed by atoms with Gasteiger partial charge >= 0.3 is 0 Å². The normalized spacial score (nSPS) is 11.8. The van der Waals surface area contributed by atoms with Gasteiger partial charge in [0.15, 0.2) is 0 Å². The summed E-state index contributed by atoms with van der Waals surface area (Å²) in [7, 11) is 0. The van der Waals surface area contributed by atoms with Gasteiger partial charge in [-0.25, -0.2) is 4.98 Å². The van der Waals surface area contributed by atoms with Gasteiger partial charge in [0.1, 0.15) is 11.7 Å². The van der Waals surface area contributed by atoms with Gasteiger partial charge < -0.3 is 5.32 Å². The van der Waals surface area contributed by atoms with Crippen molar-refractivity contribution < 1.29 is 4.79 Å². The molecule has 0 aliphatic rings. The minimum absolute atomic E-state index is 0.300. The van der Waals surface area contributed by atoms with E-state index in [9.17, 15) is 4.79 Å². The average Bonchev–Trinajstić information content (AvgIpc) is 2.46. The smallest absolute Gasteiger partial charge is 0.270 e. The molecule has 0 radical (unpaired) electrons. The van der Waals surface area contributed by atoms with E-state index in [1.807, 2.05) is 37.3 Å². The summed E-state index contributed by atoms with van der Waals surface area (Å²) in [4.78, 5) is 16.3. The average molecular weight is 253 g/mol. The molecule has 4 heteroatoms. The van der Waals surface area contributed by atoms with Crippen molar-refractivity contribution >= 4 is 16.8 Å². The zero-order valence-corrected chi connectivity index (χ0v) is 10.8. The van der Waals surface area contributed by atoms with Gasteiger partial charge in [-0.3, -0.25) is 4.79 Å². The molecular weight excluding hydrogens is 238 g/mol. The minimum Gasteiger partial charge on any atom is -0.335 e. The summed E-state index contributed by atoms with van der Waals surface area (Å²) in [6, 6.07) is 12.8. The quantitative estimate of drug-likeness (QED) is 0.910. The predicted molar refractivity (Wildman–Crippen MR) is 73.5 cm³/mol. The van der Waals surface area contributed by atoms with Crippen molar-refractivity contribution in [2.24, 2.45) is 0 Å². The first kappa shape index (κ1) is 13.0. The van der Waals surface area contributed by atoms with Gasteiger partial charge in [0.2, 0.25) is 0 Å². The van der Waals surface area contributed by atoms with Gasteiger partial charge in [0, 0.05) is 5.39 Å². The lowest BCUT2D eigenvalue weighted by Gasteiger charge is -2.10. The maximum Gasteiger partial charge on any atom is 0.270 e. The van der Waals surface area contributed by atoms with Crippen LogP contribution in [0.25, 0.3) is 10.9 Å². The molecule has 0 fully saturated rings. The van der Waals surface area contributed by atoms with Crippen LogP contribution >= 0.6 is 0 Å². The van der Waals surface area contributed by atoms with E-state index in [1.54, 1.807) is 6.07 Å². The number of hydrogen-bond donors (Lipinski definition) is 1. The Balaban J connectivity index is 2.19. The topological polar surface area (TPSA) is 65.8 Å². The van der Waals surface area contributed by atoms with E-state index in [1.165, 1.54) is 0 Å². The molecule has 0 aliphatic carbocycles. The highest BCUT2D eigenvalue weighted by molar-refractivity contribution is 5.95. The number of pyridine rings is 1. The third-order valence-electron chi connectivity index (χ3n) is 2.87. The summed E-state index contributed by atoms with van der Waals surface area (Å²) < 4.78 is 0. The Morgan fingerprint density at radius 2 is 2.16 bits per heavy atom. The van der Waals surface area contributed by atoms with Crippen LogP contribution < -0.4 is 5.32 Å². The van der Waals surface area contributed by atoms with E-state index in [0.717, 1.165) is 17.3 Å². The Labute approximate surface area is 112 Å². The van der Waals surface area contributed by atoms with Crippen molar-refractivity contribution in [2.45, 2.75) is 25.8 Å². The number of hydrogen-bond acceptors (Lipinski definition) is 3. The molecule has 96 valence electrons. The van der Waals surface area contributed by atoms with Gasteiger partial charge in [-0.15, -0.1) is 0 Å². The Morgan fingerprint density at radius 1 is 1.37 bits per heavy atom. The Kier molecular flexibility index (Phi) is 4.09. The highest BCUT2D eigenvalue weighted by Crippen LogP contribution is 2.11. The van der Waals surface area contributed by atoms with Crippen LogP contribution in [0.5, 0.6) is 0 Å². The molecule has 0 spiro atoms. The van der Waals surface area contributed by atoms with Crippen LogP contribution in [0.3, 0.4) is 0 Å². The number of amides is 1. The summed E-state index contributed by atoms with van der Waals surface area (Å²) in [5, 5.41) is 12.6. The molecular formula is C15H15N3O. The summed E-state index contributed by atoms with van der Waals surface area (Å²) >= 11 is 0. The minimum atomic E-state index is -0.453. The molecule has 4 nitrogen and oxygen atoms in total. The number of benzene rings is 1. The van der Waals surface area contributed by atoms with E-state index < -0.39 is 6.04 Å². The Bertz CT molecular complexity index is 631. The van der Waals surface area contributed by atoms with Crippen LogP contribution in [0.1, 0.15) is 30.3 Å². The first-order valence-corrected chi connectivity index (χ1v) is 6.31. The van der Waals surface area contributed by atoms with Crippen molar-refractivity contribution in [1.82, 2.24) is 10.3 Å². The molecule has 1 N–H and O–H groups in total. The Morgan fingerprint density at radius 3 is 2.89 bits per heavy atom. The summed E-state index contributed by atoms with van der Waals surface area (Å²) in [6.07, 6.45) is 1.50. The number of nitrogens with one attached hydrogen (secondary N) is 1. The molecule has 2 aromatic rings. The molecule has 1 aromatic carbocycles. The van der Waals surface area contributed by atoms with Gasteiger partial charge in [0.05, 0.1) is 11.6 Å². The number of rotatable bonds is 4. The van der Waals surface area contributed by atoms with E-state index in [4.69, 9.17) is 5.26 Å². The highest BCUT2D eigenvalue weighted by atomic mass is 16.1. The maximum absolute atomic E-state index is 12.0.